The van der Waals surface area contributed by atoms with Gasteiger partial charge < -0.3 is 9.47 Å². The van der Waals surface area contributed by atoms with E-state index < -0.39 is 10.0 Å². The number of methoxy groups -OCH3 is 1. The lowest BCUT2D eigenvalue weighted by atomic mass is 9.74. The third kappa shape index (κ3) is 4.06. The zero-order valence-electron chi connectivity index (χ0n) is 14.4. The smallest absolute Gasteiger partial charge is 0.250 e. The number of ether oxygens (including phenoxy) is 2. The number of thiophene rings is 1. The molecular weight excluding hydrogens is 358 g/mol. The van der Waals surface area contributed by atoms with Gasteiger partial charge in [-0.2, -0.15) is 0 Å². The van der Waals surface area contributed by atoms with Gasteiger partial charge in [-0.1, -0.05) is 12.1 Å². The first-order valence-corrected chi connectivity index (χ1v) is 10.5. The maximum absolute atomic E-state index is 12.6. The number of sulfonamides is 1. The van der Waals surface area contributed by atoms with Gasteiger partial charge in [0.15, 0.2) is 0 Å². The SMILES string of the molecule is COc1ccc(C2(CNS(=O)(=O)c3ccc(C)s3)CCOCC2)cc1. The predicted octanol–water partition coefficient (Wildman–Crippen LogP) is 3.09. The molecule has 0 bridgehead atoms. The summed E-state index contributed by atoms with van der Waals surface area (Å²) in [6.45, 7) is 3.53. The summed E-state index contributed by atoms with van der Waals surface area (Å²) in [5.74, 6) is 0.792. The van der Waals surface area contributed by atoms with Crippen LogP contribution in [0.4, 0.5) is 0 Å². The fraction of sp³-hybridized carbons (Fsp3) is 0.444. The van der Waals surface area contributed by atoms with Gasteiger partial charge in [0.25, 0.3) is 0 Å². The van der Waals surface area contributed by atoms with Crippen LogP contribution in [0.25, 0.3) is 0 Å². The molecule has 0 unspecified atom stereocenters. The Morgan fingerprint density at radius 3 is 2.40 bits per heavy atom. The molecule has 0 radical (unpaired) electrons. The zero-order chi connectivity index (χ0) is 17.9. The van der Waals surface area contributed by atoms with Gasteiger partial charge in [0.05, 0.1) is 7.11 Å². The molecule has 0 amide bonds. The molecule has 1 N–H and O–H groups in total. The lowest BCUT2D eigenvalue weighted by Gasteiger charge is -2.37. The van der Waals surface area contributed by atoms with Gasteiger partial charge in [-0.25, -0.2) is 13.1 Å². The highest BCUT2D eigenvalue weighted by Gasteiger charge is 2.36. The molecule has 5 nitrogen and oxygen atoms in total. The molecule has 1 fully saturated rings. The third-order valence-electron chi connectivity index (χ3n) is 4.73. The van der Waals surface area contributed by atoms with E-state index in [0.29, 0.717) is 24.0 Å². The molecular formula is C18H23NO4S2. The van der Waals surface area contributed by atoms with Crippen LogP contribution in [0, 0.1) is 6.92 Å². The average Bonchev–Trinajstić information content (AvgIpc) is 3.08. The lowest BCUT2D eigenvalue weighted by molar-refractivity contribution is 0.0517. The second-order valence-corrected chi connectivity index (χ2v) is 9.59. The summed E-state index contributed by atoms with van der Waals surface area (Å²) in [6.07, 6.45) is 1.57. The number of nitrogens with one attached hydrogen (secondary N) is 1. The highest BCUT2D eigenvalue weighted by Crippen LogP contribution is 2.35. The van der Waals surface area contributed by atoms with Crippen LogP contribution in [0.3, 0.4) is 0 Å². The van der Waals surface area contributed by atoms with Gasteiger partial charge in [-0.05, 0) is 49.6 Å². The normalized spacial score (nSPS) is 17.4. The first-order valence-electron chi connectivity index (χ1n) is 8.24. The van der Waals surface area contributed by atoms with E-state index >= 15 is 0 Å². The van der Waals surface area contributed by atoms with E-state index in [9.17, 15) is 8.42 Å². The van der Waals surface area contributed by atoms with Crippen molar-refractivity contribution in [1.82, 2.24) is 4.72 Å². The molecule has 0 atom stereocenters. The summed E-state index contributed by atoms with van der Waals surface area (Å²) in [4.78, 5) is 0.983. The van der Waals surface area contributed by atoms with Crippen molar-refractivity contribution in [3.63, 3.8) is 0 Å². The molecule has 2 heterocycles. The summed E-state index contributed by atoms with van der Waals surface area (Å²) < 4.78 is 39.1. The van der Waals surface area contributed by atoms with Crippen LogP contribution in [0.5, 0.6) is 5.75 Å². The van der Waals surface area contributed by atoms with Gasteiger partial charge in [0.1, 0.15) is 9.96 Å². The standard InChI is InChI=1S/C18H23NO4S2/c1-14-3-8-17(24-14)25(20,21)19-13-18(9-11-23-12-10-18)15-4-6-16(22-2)7-5-15/h3-8,19H,9-13H2,1-2H3. The number of benzene rings is 1. The van der Waals surface area contributed by atoms with Crippen LogP contribution in [0.1, 0.15) is 23.3 Å². The van der Waals surface area contributed by atoms with E-state index in [1.54, 1.807) is 13.2 Å². The first kappa shape index (κ1) is 18.4. The van der Waals surface area contributed by atoms with Gasteiger partial charge in [-0.3, -0.25) is 0 Å². The van der Waals surface area contributed by atoms with Crippen molar-refractivity contribution in [2.75, 3.05) is 26.9 Å². The summed E-state index contributed by atoms with van der Waals surface area (Å²) in [5, 5.41) is 0. The van der Waals surface area contributed by atoms with Crippen molar-refractivity contribution >= 4 is 21.4 Å². The van der Waals surface area contributed by atoms with Crippen molar-refractivity contribution in [3.8, 4) is 5.75 Å². The Hall–Kier alpha value is -1.41. The highest BCUT2D eigenvalue weighted by molar-refractivity contribution is 7.91. The van der Waals surface area contributed by atoms with Gasteiger partial charge in [0, 0.05) is 30.1 Å². The molecule has 1 aliphatic rings. The van der Waals surface area contributed by atoms with Gasteiger partial charge >= 0.3 is 0 Å². The minimum Gasteiger partial charge on any atom is -0.497 e. The van der Waals surface area contributed by atoms with E-state index in [-0.39, 0.29) is 5.41 Å². The molecule has 2 aromatic rings. The number of aryl methyl sites for hydroxylation is 1. The fourth-order valence-electron chi connectivity index (χ4n) is 3.14. The first-order chi connectivity index (χ1) is 12.0. The van der Waals surface area contributed by atoms with E-state index in [1.165, 1.54) is 11.3 Å². The molecule has 136 valence electrons. The van der Waals surface area contributed by atoms with Gasteiger partial charge in [0.2, 0.25) is 10.0 Å². The largest absolute Gasteiger partial charge is 0.497 e. The molecule has 0 spiro atoms. The van der Waals surface area contributed by atoms with Crippen LogP contribution >= 0.6 is 11.3 Å². The fourth-order valence-corrected chi connectivity index (χ4v) is 5.59. The van der Waals surface area contributed by atoms with Crippen LogP contribution in [0.15, 0.2) is 40.6 Å². The molecule has 0 saturated carbocycles. The Labute approximate surface area is 153 Å². The predicted molar refractivity (Wildman–Crippen MR) is 99.0 cm³/mol. The summed E-state index contributed by atoms with van der Waals surface area (Å²) in [5.41, 5.74) is 0.853. The summed E-state index contributed by atoms with van der Waals surface area (Å²) >= 11 is 1.29. The van der Waals surface area contributed by atoms with Gasteiger partial charge in [-0.15, -0.1) is 11.3 Å². The van der Waals surface area contributed by atoms with Crippen molar-refractivity contribution in [3.05, 3.63) is 46.8 Å². The van der Waals surface area contributed by atoms with Crippen molar-refractivity contribution in [1.29, 1.82) is 0 Å². The molecule has 25 heavy (non-hydrogen) atoms. The molecule has 7 heteroatoms. The number of rotatable bonds is 6. The minimum absolute atomic E-state index is 0.260. The Morgan fingerprint density at radius 1 is 1.16 bits per heavy atom. The molecule has 1 aromatic carbocycles. The third-order valence-corrected chi connectivity index (χ3v) is 7.63. The minimum atomic E-state index is -3.49. The van der Waals surface area contributed by atoms with E-state index in [4.69, 9.17) is 9.47 Å². The number of hydrogen-bond donors (Lipinski definition) is 1. The second-order valence-electron chi connectivity index (χ2n) is 6.31. The van der Waals surface area contributed by atoms with Crippen molar-refractivity contribution in [2.45, 2.75) is 29.4 Å². The lowest BCUT2D eigenvalue weighted by Crippen LogP contribution is -2.44. The van der Waals surface area contributed by atoms with Crippen molar-refractivity contribution in [2.24, 2.45) is 0 Å². The number of hydrogen-bond acceptors (Lipinski definition) is 5. The molecule has 3 rings (SSSR count). The maximum atomic E-state index is 12.6. The van der Waals surface area contributed by atoms with Crippen molar-refractivity contribution < 1.29 is 17.9 Å². The van der Waals surface area contributed by atoms with Crippen LogP contribution < -0.4 is 9.46 Å². The molecule has 1 aliphatic heterocycles. The maximum Gasteiger partial charge on any atom is 0.250 e. The second kappa shape index (κ2) is 7.45. The Morgan fingerprint density at radius 2 is 1.84 bits per heavy atom. The van der Waals surface area contributed by atoms with Crippen LogP contribution in [0.2, 0.25) is 0 Å². The van der Waals surface area contributed by atoms with E-state index in [2.05, 4.69) is 4.72 Å². The Balaban J connectivity index is 1.83. The quantitative estimate of drug-likeness (QED) is 0.835. The molecule has 1 saturated heterocycles. The summed E-state index contributed by atoms with van der Waals surface area (Å²) in [6, 6.07) is 11.4. The Kier molecular flexibility index (Phi) is 5.48. The highest BCUT2D eigenvalue weighted by atomic mass is 32.2. The van der Waals surface area contributed by atoms with E-state index in [1.807, 2.05) is 37.3 Å². The monoisotopic (exact) mass is 381 g/mol. The van der Waals surface area contributed by atoms with Crippen LogP contribution in [-0.4, -0.2) is 35.3 Å². The molecule has 0 aliphatic carbocycles. The van der Waals surface area contributed by atoms with Crippen LogP contribution in [-0.2, 0) is 20.2 Å². The Bertz CT molecular complexity index is 806. The molecule has 1 aromatic heterocycles. The topological polar surface area (TPSA) is 64.6 Å². The summed E-state index contributed by atoms with van der Waals surface area (Å²) in [7, 11) is -1.86. The average molecular weight is 382 g/mol. The zero-order valence-corrected chi connectivity index (χ0v) is 16.1. The van der Waals surface area contributed by atoms with E-state index in [0.717, 1.165) is 29.0 Å².